The molecule has 0 unspecified atom stereocenters. The molecule has 1 heterocycles. The quantitative estimate of drug-likeness (QED) is 0.677. The first-order valence-corrected chi connectivity index (χ1v) is 4.70. The summed E-state index contributed by atoms with van der Waals surface area (Å²) in [4.78, 5) is 24.9. The second-order valence-electron chi connectivity index (χ2n) is 3.04. The molecule has 0 aliphatic rings. The highest BCUT2D eigenvalue weighted by atomic mass is 16.7. The van der Waals surface area contributed by atoms with Gasteiger partial charge in [-0.2, -0.15) is 0 Å². The van der Waals surface area contributed by atoms with Crippen LogP contribution in [0.2, 0.25) is 0 Å². The zero-order chi connectivity index (χ0) is 12.0. The number of hydrogen-bond donors (Lipinski definition) is 2. The van der Waals surface area contributed by atoms with Crippen LogP contribution in [-0.2, 0) is 9.47 Å². The van der Waals surface area contributed by atoms with E-state index in [4.69, 9.17) is 9.47 Å². The number of ether oxygens (including phenoxy) is 2. The number of hydrogen-bond acceptors (Lipinski definition) is 4. The minimum Gasteiger partial charge on any atom is -0.354 e. The number of pyridine rings is 1. The molecule has 6 heteroatoms. The van der Waals surface area contributed by atoms with Gasteiger partial charge in [-0.1, -0.05) is 6.07 Å². The van der Waals surface area contributed by atoms with Gasteiger partial charge in [0.1, 0.15) is 5.69 Å². The van der Waals surface area contributed by atoms with Crippen LogP contribution in [0.4, 0.5) is 0 Å². The maximum absolute atomic E-state index is 11.5. The molecule has 0 fully saturated rings. The van der Waals surface area contributed by atoms with Crippen molar-refractivity contribution in [1.82, 2.24) is 10.3 Å². The second-order valence-corrected chi connectivity index (χ2v) is 3.04. The van der Waals surface area contributed by atoms with Gasteiger partial charge in [-0.05, 0) is 6.07 Å². The summed E-state index contributed by atoms with van der Waals surface area (Å²) < 4.78 is 9.80. The van der Waals surface area contributed by atoms with E-state index in [1.165, 1.54) is 32.4 Å². The molecule has 1 aromatic rings. The topological polar surface area (TPSA) is 80.4 Å². The first-order chi connectivity index (χ1) is 7.67. The van der Waals surface area contributed by atoms with Gasteiger partial charge < -0.3 is 19.8 Å². The summed E-state index contributed by atoms with van der Waals surface area (Å²) in [5, 5.41) is 2.57. The van der Waals surface area contributed by atoms with E-state index in [1.807, 2.05) is 0 Å². The summed E-state index contributed by atoms with van der Waals surface area (Å²) in [5.41, 5.74) is -0.110. The van der Waals surface area contributed by atoms with Gasteiger partial charge in [0.15, 0.2) is 6.29 Å². The minimum atomic E-state index is -0.501. The number of nitrogens with one attached hydrogen (secondary N) is 2. The van der Waals surface area contributed by atoms with Crippen molar-refractivity contribution in [2.45, 2.75) is 6.29 Å². The predicted molar refractivity (Wildman–Crippen MR) is 57.2 cm³/mol. The number of carbonyl (C=O) groups is 1. The Kier molecular flexibility index (Phi) is 4.68. The molecule has 6 nitrogen and oxygen atoms in total. The van der Waals surface area contributed by atoms with E-state index >= 15 is 0 Å². The molecule has 16 heavy (non-hydrogen) atoms. The molecule has 0 saturated heterocycles. The van der Waals surface area contributed by atoms with E-state index < -0.39 is 6.29 Å². The molecule has 0 atom stereocenters. The monoisotopic (exact) mass is 226 g/mol. The molecule has 1 rings (SSSR count). The standard InChI is InChI=1S/C10H14N2O4/c1-15-9(16-2)6-11-10(14)7-4-3-5-8(13)12-7/h3-5,9H,6H2,1-2H3,(H,11,14)(H,12,13). The molecule has 2 N–H and O–H groups in total. The molecule has 0 aliphatic carbocycles. The molecular weight excluding hydrogens is 212 g/mol. The van der Waals surface area contributed by atoms with E-state index in [2.05, 4.69) is 10.3 Å². The molecule has 0 saturated carbocycles. The average Bonchev–Trinajstić information content (AvgIpc) is 2.30. The highest BCUT2D eigenvalue weighted by molar-refractivity contribution is 5.92. The van der Waals surface area contributed by atoms with E-state index in [0.29, 0.717) is 0 Å². The summed E-state index contributed by atoms with van der Waals surface area (Å²) in [7, 11) is 2.95. The van der Waals surface area contributed by atoms with Crippen LogP contribution in [-0.4, -0.2) is 37.9 Å². The van der Waals surface area contributed by atoms with Gasteiger partial charge in [0.05, 0.1) is 6.54 Å². The van der Waals surface area contributed by atoms with Crippen LogP contribution in [0.3, 0.4) is 0 Å². The van der Waals surface area contributed by atoms with Crippen LogP contribution in [0.1, 0.15) is 10.5 Å². The number of carbonyl (C=O) groups excluding carboxylic acids is 1. The Bertz CT molecular complexity index is 398. The molecule has 0 aromatic carbocycles. The summed E-state index contributed by atoms with van der Waals surface area (Å²) >= 11 is 0. The molecule has 0 bridgehead atoms. The highest BCUT2D eigenvalue weighted by Crippen LogP contribution is 1.92. The van der Waals surface area contributed by atoms with Crippen LogP contribution in [0, 0.1) is 0 Å². The van der Waals surface area contributed by atoms with Crippen LogP contribution in [0.15, 0.2) is 23.0 Å². The fourth-order valence-electron chi connectivity index (χ4n) is 1.11. The molecule has 1 amide bonds. The second kappa shape index (κ2) is 6.04. The van der Waals surface area contributed by atoms with E-state index in [-0.39, 0.29) is 23.7 Å². The van der Waals surface area contributed by atoms with Crippen LogP contribution < -0.4 is 10.9 Å². The maximum atomic E-state index is 11.5. The summed E-state index contributed by atoms with van der Waals surface area (Å²) in [5.74, 6) is -0.378. The first-order valence-electron chi connectivity index (χ1n) is 4.70. The van der Waals surface area contributed by atoms with Crippen LogP contribution >= 0.6 is 0 Å². The van der Waals surface area contributed by atoms with Crippen molar-refractivity contribution >= 4 is 5.91 Å². The molecule has 0 radical (unpaired) electrons. The van der Waals surface area contributed by atoms with Gasteiger partial charge in [0.25, 0.3) is 5.91 Å². The van der Waals surface area contributed by atoms with Crippen molar-refractivity contribution in [3.05, 3.63) is 34.2 Å². The third kappa shape index (κ3) is 3.48. The lowest BCUT2D eigenvalue weighted by molar-refractivity contribution is -0.0974. The lowest BCUT2D eigenvalue weighted by atomic mass is 10.3. The van der Waals surface area contributed by atoms with Gasteiger partial charge in [0, 0.05) is 20.3 Å². The smallest absolute Gasteiger partial charge is 0.267 e. The predicted octanol–water partition coefficient (Wildman–Crippen LogP) is -0.276. The summed E-state index contributed by atoms with van der Waals surface area (Å²) in [6.07, 6.45) is -0.501. The SMILES string of the molecule is COC(CNC(=O)c1cccc(=O)[nH]1)OC. The molecule has 1 aromatic heterocycles. The van der Waals surface area contributed by atoms with Crippen LogP contribution in [0.25, 0.3) is 0 Å². The number of H-pyrrole nitrogens is 1. The van der Waals surface area contributed by atoms with Gasteiger partial charge in [-0.3, -0.25) is 9.59 Å². The van der Waals surface area contributed by atoms with Crippen molar-refractivity contribution in [1.29, 1.82) is 0 Å². The Morgan fingerprint density at radius 1 is 1.44 bits per heavy atom. The zero-order valence-corrected chi connectivity index (χ0v) is 9.15. The van der Waals surface area contributed by atoms with Crippen molar-refractivity contribution in [3.8, 4) is 0 Å². The van der Waals surface area contributed by atoms with Gasteiger partial charge >= 0.3 is 0 Å². The first kappa shape index (κ1) is 12.4. The Labute approximate surface area is 92.6 Å². The van der Waals surface area contributed by atoms with Crippen LogP contribution in [0.5, 0.6) is 0 Å². The molecular formula is C10H14N2O4. The lowest BCUT2D eigenvalue weighted by Gasteiger charge is -2.13. The van der Waals surface area contributed by atoms with Gasteiger partial charge in [0.2, 0.25) is 5.56 Å². The van der Waals surface area contributed by atoms with E-state index in [0.717, 1.165) is 0 Å². The lowest BCUT2D eigenvalue weighted by Crippen LogP contribution is -2.35. The van der Waals surface area contributed by atoms with Crippen molar-refractivity contribution < 1.29 is 14.3 Å². The largest absolute Gasteiger partial charge is 0.354 e. The number of methoxy groups -OCH3 is 2. The number of aromatic amines is 1. The number of amides is 1. The van der Waals surface area contributed by atoms with E-state index in [9.17, 15) is 9.59 Å². The Morgan fingerprint density at radius 2 is 2.12 bits per heavy atom. The average molecular weight is 226 g/mol. The van der Waals surface area contributed by atoms with Crippen molar-refractivity contribution in [2.24, 2.45) is 0 Å². The highest BCUT2D eigenvalue weighted by Gasteiger charge is 2.09. The van der Waals surface area contributed by atoms with Crippen molar-refractivity contribution in [2.75, 3.05) is 20.8 Å². The normalized spacial score (nSPS) is 10.4. The molecule has 0 aliphatic heterocycles. The third-order valence-corrected chi connectivity index (χ3v) is 1.97. The number of rotatable bonds is 5. The fourth-order valence-corrected chi connectivity index (χ4v) is 1.11. The molecule has 0 spiro atoms. The molecule has 88 valence electrons. The van der Waals surface area contributed by atoms with Crippen molar-refractivity contribution in [3.63, 3.8) is 0 Å². The Balaban J connectivity index is 2.56. The van der Waals surface area contributed by atoms with E-state index in [1.54, 1.807) is 0 Å². The van der Waals surface area contributed by atoms with Gasteiger partial charge in [-0.15, -0.1) is 0 Å². The zero-order valence-electron chi connectivity index (χ0n) is 9.15. The summed E-state index contributed by atoms with van der Waals surface area (Å²) in [6, 6.07) is 4.37. The summed E-state index contributed by atoms with van der Waals surface area (Å²) in [6.45, 7) is 0.211. The maximum Gasteiger partial charge on any atom is 0.267 e. The minimum absolute atomic E-state index is 0.207. The Hall–Kier alpha value is -1.66. The van der Waals surface area contributed by atoms with Gasteiger partial charge in [-0.25, -0.2) is 0 Å². The Morgan fingerprint density at radius 3 is 2.69 bits per heavy atom. The third-order valence-electron chi connectivity index (χ3n) is 1.97. The fraction of sp³-hybridized carbons (Fsp3) is 0.400. The number of aromatic nitrogens is 1.